The van der Waals surface area contributed by atoms with Gasteiger partial charge in [-0.2, -0.15) is 11.8 Å². The molecule has 21 heavy (non-hydrogen) atoms. The average molecular weight is 317 g/mol. The minimum atomic E-state index is 0.688. The van der Waals surface area contributed by atoms with Crippen molar-refractivity contribution in [1.29, 1.82) is 0 Å². The SMILES string of the molecule is CCNC(=NCCCOCC1CCOCC1)NCCSC. The first kappa shape index (κ1) is 18.6. The second kappa shape index (κ2) is 13.2. The molecule has 1 fully saturated rings. The third-order valence-corrected chi connectivity index (χ3v) is 3.97. The minimum absolute atomic E-state index is 0.688. The molecule has 2 N–H and O–H groups in total. The van der Waals surface area contributed by atoms with Crippen LogP contribution in [0.2, 0.25) is 0 Å². The Morgan fingerprint density at radius 3 is 2.86 bits per heavy atom. The van der Waals surface area contributed by atoms with Gasteiger partial charge in [-0.1, -0.05) is 0 Å². The van der Waals surface area contributed by atoms with Crippen molar-refractivity contribution in [2.45, 2.75) is 26.2 Å². The fourth-order valence-electron chi connectivity index (χ4n) is 2.13. The molecule has 0 radical (unpaired) electrons. The molecule has 1 aliphatic heterocycles. The van der Waals surface area contributed by atoms with E-state index in [0.29, 0.717) is 5.92 Å². The maximum absolute atomic E-state index is 5.74. The van der Waals surface area contributed by atoms with Crippen LogP contribution in [0.3, 0.4) is 0 Å². The van der Waals surface area contributed by atoms with Crippen molar-refractivity contribution < 1.29 is 9.47 Å². The maximum atomic E-state index is 5.74. The summed E-state index contributed by atoms with van der Waals surface area (Å²) in [5, 5.41) is 6.59. The topological polar surface area (TPSA) is 54.9 Å². The van der Waals surface area contributed by atoms with E-state index in [9.17, 15) is 0 Å². The number of thioether (sulfide) groups is 1. The van der Waals surface area contributed by atoms with Crippen LogP contribution < -0.4 is 10.6 Å². The number of nitrogens with one attached hydrogen (secondary N) is 2. The van der Waals surface area contributed by atoms with E-state index in [1.165, 1.54) is 0 Å². The van der Waals surface area contributed by atoms with Crippen molar-refractivity contribution >= 4 is 17.7 Å². The Hall–Kier alpha value is -0.460. The van der Waals surface area contributed by atoms with Crippen LogP contribution in [-0.4, -0.2) is 64.0 Å². The molecule has 0 atom stereocenters. The second-order valence-corrected chi connectivity index (χ2v) is 6.15. The van der Waals surface area contributed by atoms with Crippen molar-refractivity contribution in [3.05, 3.63) is 0 Å². The zero-order chi connectivity index (χ0) is 15.2. The van der Waals surface area contributed by atoms with Crippen LogP contribution in [-0.2, 0) is 9.47 Å². The van der Waals surface area contributed by atoms with Gasteiger partial charge in [0.05, 0.1) is 0 Å². The summed E-state index contributed by atoms with van der Waals surface area (Å²) >= 11 is 1.84. The van der Waals surface area contributed by atoms with Crippen molar-refractivity contribution in [2.24, 2.45) is 10.9 Å². The number of guanidine groups is 1. The average Bonchev–Trinajstić information content (AvgIpc) is 2.52. The summed E-state index contributed by atoms with van der Waals surface area (Å²) in [6, 6.07) is 0. The molecule has 0 bridgehead atoms. The summed E-state index contributed by atoms with van der Waals surface area (Å²) in [7, 11) is 0. The standard InChI is InChI=1S/C15H31N3O2S/c1-3-16-15(18-8-12-21-2)17-7-4-9-20-13-14-5-10-19-11-6-14/h14H,3-13H2,1-2H3,(H2,16,17,18). The van der Waals surface area contributed by atoms with Gasteiger partial charge in [-0.15, -0.1) is 0 Å². The van der Waals surface area contributed by atoms with E-state index in [0.717, 1.165) is 77.0 Å². The normalized spacial score (nSPS) is 17.0. The van der Waals surface area contributed by atoms with Crippen molar-refractivity contribution in [2.75, 3.05) is 58.1 Å². The number of aliphatic imine (C=N–C) groups is 1. The summed E-state index contributed by atoms with van der Waals surface area (Å²) in [6.45, 7) is 8.20. The highest BCUT2D eigenvalue weighted by Gasteiger charge is 2.13. The van der Waals surface area contributed by atoms with Crippen LogP contribution >= 0.6 is 11.8 Å². The van der Waals surface area contributed by atoms with Crippen LogP contribution in [0, 0.1) is 5.92 Å². The molecule has 1 aliphatic rings. The predicted molar refractivity (Wildman–Crippen MR) is 91.3 cm³/mol. The third kappa shape index (κ3) is 9.98. The van der Waals surface area contributed by atoms with Crippen LogP contribution in [0.5, 0.6) is 0 Å². The number of hydrogen-bond acceptors (Lipinski definition) is 4. The Morgan fingerprint density at radius 1 is 1.33 bits per heavy atom. The molecular weight excluding hydrogens is 286 g/mol. The van der Waals surface area contributed by atoms with Crippen LogP contribution in [0.25, 0.3) is 0 Å². The Morgan fingerprint density at radius 2 is 2.14 bits per heavy atom. The molecule has 1 rings (SSSR count). The molecule has 0 aromatic carbocycles. The number of rotatable bonds is 10. The Balaban J connectivity index is 2.03. The molecule has 0 aromatic rings. The number of nitrogens with zero attached hydrogens (tertiary/aromatic N) is 1. The van der Waals surface area contributed by atoms with Gasteiger partial charge >= 0.3 is 0 Å². The van der Waals surface area contributed by atoms with Gasteiger partial charge in [0.2, 0.25) is 0 Å². The van der Waals surface area contributed by atoms with E-state index in [1.54, 1.807) is 0 Å². The third-order valence-electron chi connectivity index (χ3n) is 3.35. The van der Waals surface area contributed by atoms with E-state index in [2.05, 4.69) is 28.8 Å². The van der Waals surface area contributed by atoms with Crippen molar-refractivity contribution in [3.63, 3.8) is 0 Å². The summed E-state index contributed by atoms with van der Waals surface area (Å²) in [5.74, 6) is 2.70. The van der Waals surface area contributed by atoms with Gasteiger partial charge in [0.15, 0.2) is 5.96 Å². The monoisotopic (exact) mass is 317 g/mol. The fraction of sp³-hybridized carbons (Fsp3) is 0.933. The number of ether oxygens (including phenoxy) is 2. The van der Waals surface area contributed by atoms with Crippen LogP contribution in [0.1, 0.15) is 26.2 Å². The Bertz CT molecular complexity index is 272. The highest BCUT2D eigenvalue weighted by Crippen LogP contribution is 2.14. The predicted octanol–water partition coefficient (Wildman–Crippen LogP) is 1.74. The van der Waals surface area contributed by atoms with E-state index < -0.39 is 0 Å². The summed E-state index contributed by atoms with van der Waals surface area (Å²) in [4.78, 5) is 4.55. The molecular formula is C15H31N3O2S. The fourth-order valence-corrected chi connectivity index (χ4v) is 2.44. The zero-order valence-corrected chi connectivity index (χ0v) is 14.3. The highest BCUT2D eigenvalue weighted by atomic mass is 32.2. The quantitative estimate of drug-likeness (QED) is 0.365. The molecule has 0 spiro atoms. The van der Waals surface area contributed by atoms with E-state index >= 15 is 0 Å². The first-order valence-corrected chi connectivity index (χ1v) is 9.42. The van der Waals surface area contributed by atoms with Gasteiger partial charge in [-0.3, -0.25) is 4.99 Å². The Labute approximate surface area is 133 Å². The molecule has 6 heteroatoms. The Kier molecular flexibility index (Phi) is 11.7. The largest absolute Gasteiger partial charge is 0.381 e. The van der Waals surface area contributed by atoms with E-state index in [-0.39, 0.29) is 0 Å². The van der Waals surface area contributed by atoms with Crippen molar-refractivity contribution in [1.82, 2.24) is 10.6 Å². The van der Waals surface area contributed by atoms with Gasteiger partial charge in [0, 0.05) is 51.8 Å². The molecule has 5 nitrogen and oxygen atoms in total. The molecule has 0 unspecified atom stereocenters. The van der Waals surface area contributed by atoms with Gasteiger partial charge in [-0.25, -0.2) is 0 Å². The summed E-state index contributed by atoms with van der Waals surface area (Å²) in [6.07, 6.45) is 5.37. The molecule has 0 amide bonds. The van der Waals surface area contributed by atoms with Crippen LogP contribution in [0.4, 0.5) is 0 Å². The minimum Gasteiger partial charge on any atom is -0.381 e. The summed E-state index contributed by atoms with van der Waals surface area (Å²) in [5.41, 5.74) is 0. The molecule has 0 saturated carbocycles. The highest BCUT2D eigenvalue weighted by molar-refractivity contribution is 7.98. The van der Waals surface area contributed by atoms with Gasteiger partial charge < -0.3 is 20.1 Å². The van der Waals surface area contributed by atoms with E-state index in [1.807, 2.05) is 11.8 Å². The first-order valence-electron chi connectivity index (χ1n) is 8.03. The van der Waals surface area contributed by atoms with Gasteiger partial charge in [0.1, 0.15) is 0 Å². The molecule has 1 heterocycles. The molecule has 0 aromatic heterocycles. The summed E-state index contributed by atoms with van der Waals surface area (Å²) < 4.78 is 11.1. The smallest absolute Gasteiger partial charge is 0.191 e. The molecule has 0 aliphatic carbocycles. The second-order valence-electron chi connectivity index (χ2n) is 5.16. The lowest BCUT2D eigenvalue weighted by Crippen LogP contribution is -2.38. The van der Waals surface area contributed by atoms with Crippen molar-refractivity contribution in [3.8, 4) is 0 Å². The lowest BCUT2D eigenvalue weighted by Gasteiger charge is -2.21. The van der Waals surface area contributed by atoms with Gasteiger partial charge in [0.25, 0.3) is 0 Å². The molecule has 1 saturated heterocycles. The zero-order valence-electron chi connectivity index (χ0n) is 13.5. The number of hydrogen-bond donors (Lipinski definition) is 2. The van der Waals surface area contributed by atoms with Gasteiger partial charge in [-0.05, 0) is 38.4 Å². The molecule has 124 valence electrons. The lowest BCUT2D eigenvalue weighted by molar-refractivity contribution is 0.0205. The first-order chi connectivity index (χ1) is 10.4. The maximum Gasteiger partial charge on any atom is 0.191 e. The van der Waals surface area contributed by atoms with Crippen LogP contribution in [0.15, 0.2) is 4.99 Å². The van der Waals surface area contributed by atoms with E-state index in [4.69, 9.17) is 9.47 Å². The lowest BCUT2D eigenvalue weighted by atomic mass is 10.0.